The molecule has 2 N–H and O–H groups in total. The van der Waals surface area contributed by atoms with Gasteiger partial charge in [-0.25, -0.2) is 0 Å². The van der Waals surface area contributed by atoms with Crippen LogP contribution in [-0.4, -0.2) is 22.3 Å². The molecule has 2 aliphatic carbocycles. The van der Waals surface area contributed by atoms with E-state index in [1.54, 1.807) is 6.08 Å². The molecule has 0 aliphatic heterocycles. The lowest BCUT2D eigenvalue weighted by Gasteiger charge is -2.40. The minimum absolute atomic E-state index is 0.163. The molecular formula is C12H18O3. The van der Waals surface area contributed by atoms with Crippen LogP contribution in [0.25, 0.3) is 0 Å². The van der Waals surface area contributed by atoms with Crippen molar-refractivity contribution >= 4 is 5.97 Å². The predicted octanol–water partition coefficient (Wildman–Crippen LogP) is 1.96. The fourth-order valence-electron chi connectivity index (χ4n) is 3.50. The van der Waals surface area contributed by atoms with E-state index in [9.17, 15) is 15.0 Å². The number of carbonyl (C=O) groups is 1. The number of hydrogen-bond donors (Lipinski definition) is 2. The molecule has 84 valence electrons. The third-order valence-electron chi connectivity index (χ3n) is 3.98. The summed E-state index contributed by atoms with van der Waals surface area (Å²) in [6.45, 7) is 1.83. The van der Waals surface area contributed by atoms with Gasteiger partial charge >= 0.3 is 5.97 Å². The average Bonchev–Trinajstić information content (AvgIpc) is 2.50. The van der Waals surface area contributed by atoms with Gasteiger partial charge < -0.3 is 10.2 Å². The number of aliphatic hydroxyl groups excluding tert-OH is 1. The van der Waals surface area contributed by atoms with Gasteiger partial charge in [0.05, 0.1) is 12.0 Å². The van der Waals surface area contributed by atoms with Crippen molar-refractivity contribution in [1.29, 1.82) is 0 Å². The van der Waals surface area contributed by atoms with E-state index in [2.05, 4.69) is 0 Å². The molecule has 3 nitrogen and oxygen atoms in total. The normalized spacial score (nSPS) is 34.1. The first-order valence-corrected chi connectivity index (χ1v) is 5.64. The molecule has 1 spiro atoms. The van der Waals surface area contributed by atoms with Crippen LogP contribution in [0.5, 0.6) is 0 Å². The van der Waals surface area contributed by atoms with E-state index < -0.39 is 12.1 Å². The molecule has 1 fully saturated rings. The average molecular weight is 210 g/mol. The summed E-state index contributed by atoms with van der Waals surface area (Å²) in [5.74, 6) is -1.10. The Balaban J connectivity index is 2.36. The highest BCUT2D eigenvalue weighted by Gasteiger charge is 2.48. The molecule has 0 aromatic rings. The molecule has 0 amide bonds. The lowest BCUT2D eigenvalue weighted by molar-refractivity contribution is -0.146. The minimum Gasteiger partial charge on any atom is -0.481 e. The molecule has 0 saturated heterocycles. The third-order valence-corrected chi connectivity index (χ3v) is 3.98. The first kappa shape index (κ1) is 10.7. The van der Waals surface area contributed by atoms with E-state index in [1.165, 1.54) is 0 Å². The predicted molar refractivity (Wildman–Crippen MR) is 56.4 cm³/mol. The Morgan fingerprint density at radius 1 is 1.47 bits per heavy atom. The third kappa shape index (κ3) is 1.69. The molecule has 2 atom stereocenters. The Labute approximate surface area is 89.8 Å². The molecule has 3 heteroatoms. The van der Waals surface area contributed by atoms with Crippen molar-refractivity contribution in [1.82, 2.24) is 0 Å². The summed E-state index contributed by atoms with van der Waals surface area (Å²) in [5.41, 5.74) is 0.674. The second-order valence-corrected chi connectivity index (χ2v) is 5.02. The first-order chi connectivity index (χ1) is 7.05. The van der Waals surface area contributed by atoms with E-state index in [1.807, 2.05) is 6.92 Å². The summed E-state index contributed by atoms with van der Waals surface area (Å²) < 4.78 is 0. The lowest BCUT2D eigenvalue weighted by atomic mass is 9.64. The molecule has 2 aliphatic rings. The number of hydrogen-bond acceptors (Lipinski definition) is 2. The zero-order valence-electron chi connectivity index (χ0n) is 9.07. The Bertz CT molecular complexity index is 300. The van der Waals surface area contributed by atoms with Gasteiger partial charge in [0, 0.05) is 0 Å². The standard InChI is InChI=1S/C12H18O3/c1-8-6-9(13)7-12(4-2-3-5-12)10(8)11(14)15/h6,9-10,13H,2-5,7H2,1H3,(H,14,15)/t9-,10?/m1/s1. The summed E-state index contributed by atoms with van der Waals surface area (Å²) in [4.78, 5) is 11.3. The molecule has 1 saturated carbocycles. The van der Waals surface area contributed by atoms with E-state index in [4.69, 9.17) is 0 Å². The van der Waals surface area contributed by atoms with Crippen molar-refractivity contribution in [3.63, 3.8) is 0 Å². The molecule has 0 aromatic carbocycles. The molecule has 0 aromatic heterocycles. The van der Waals surface area contributed by atoms with Gasteiger partial charge in [-0.15, -0.1) is 0 Å². The minimum atomic E-state index is -0.724. The van der Waals surface area contributed by atoms with E-state index in [0.717, 1.165) is 31.3 Å². The Hall–Kier alpha value is -0.830. The van der Waals surface area contributed by atoms with Crippen LogP contribution in [0.3, 0.4) is 0 Å². The first-order valence-electron chi connectivity index (χ1n) is 5.64. The number of aliphatic carboxylic acids is 1. The number of carboxylic acid groups (broad SMARTS) is 1. The number of rotatable bonds is 1. The molecule has 1 unspecified atom stereocenters. The van der Waals surface area contributed by atoms with Crippen molar-refractivity contribution in [2.45, 2.75) is 45.1 Å². The van der Waals surface area contributed by atoms with Gasteiger partial charge in [0.2, 0.25) is 0 Å². The number of carboxylic acids is 1. The van der Waals surface area contributed by atoms with Crippen LogP contribution in [0.2, 0.25) is 0 Å². The zero-order valence-corrected chi connectivity index (χ0v) is 9.07. The molecule has 0 radical (unpaired) electrons. The van der Waals surface area contributed by atoms with Crippen molar-refractivity contribution in [3.05, 3.63) is 11.6 Å². The zero-order chi connectivity index (χ0) is 11.1. The largest absolute Gasteiger partial charge is 0.481 e. The quantitative estimate of drug-likeness (QED) is 0.650. The topological polar surface area (TPSA) is 57.5 Å². The van der Waals surface area contributed by atoms with Crippen LogP contribution in [0.15, 0.2) is 11.6 Å². The van der Waals surface area contributed by atoms with E-state index in [-0.39, 0.29) is 11.3 Å². The van der Waals surface area contributed by atoms with Crippen LogP contribution in [-0.2, 0) is 4.79 Å². The van der Waals surface area contributed by atoms with Gasteiger partial charge in [0.25, 0.3) is 0 Å². The lowest BCUT2D eigenvalue weighted by Crippen LogP contribution is -2.40. The fourth-order valence-corrected chi connectivity index (χ4v) is 3.50. The summed E-state index contributed by atoms with van der Waals surface area (Å²) in [6, 6.07) is 0. The Kier molecular flexibility index (Phi) is 2.59. The van der Waals surface area contributed by atoms with Gasteiger partial charge in [0.1, 0.15) is 0 Å². The van der Waals surface area contributed by atoms with Crippen molar-refractivity contribution in [3.8, 4) is 0 Å². The van der Waals surface area contributed by atoms with Gasteiger partial charge in [-0.05, 0) is 31.6 Å². The van der Waals surface area contributed by atoms with Crippen LogP contribution >= 0.6 is 0 Å². The molecule has 0 bridgehead atoms. The van der Waals surface area contributed by atoms with Gasteiger partial charge in [-0.3, -0.25) is 4.79 Å². The van der Waals surface area contributed by atoms with Crippen LogP contribution < -0.4 is 0 Å². The van der Waals surface area contributed by atoms with Gasteiger partial charge in [-0.1, -0.05) is 24.5 Å². The summed E-state index contributed by atoms with van der Waals surface area (Å²) >= 11 is 0. The second kappa shape index (κ2) is 3.63. The SMILES string of the molecule is CC1=C[C@@H](O)CC2(CCCC2)C1C(=O)O. The molecular weight excluding hydrogens is 192 g/mol. The maximum absolute atomic E-state index is 11.3. The highest BCUT2D eigenvalue weighted by molar-refractivity contribution is 5.75. The number of aliphatic hydroxyl groups is 1. The monoisotopic (exact) mass is 210 g/mol. The Morgan fingerprint density at radius 3 is 2.60 bits per heavy atom. The van der Waals surface area contributed by atoms with Crippen LogP contribution in [0, 0.1) is 11.3 Å². The molecule has 2 rings (SSSR count). The van der Waals surface area contributed by atoms with Crippen LogP contribution in [0.4, 0.5) is 0 Å². The van der Waals surface area contributed by atoms with Gasteiger partial charge in [-0.2, -0.15) is 0 Å². The molecule has 0 heterocycles. The smallest absolute Gasteiger partial charge is 0.311 e. The fraction of sp³-hybridized carbons (Fsp3) is 0.750. The second-order valence-electron chi connectivity index (χ2n) is 5.02. The highest BCUT2D eigenvalue weighted by atomic mass is 16.4. The maximum atomic E-state index is 11.3. The van der Waals surface area contributed by atoms with Crippen LogP contribution in [0.1, 0.15) is 39.0 Å². The summed E-state index contributed by atoms with van der Waals surface area (Å²) in [5, 5.41) is 19.0. The molecule has 15 heavy (non-hydrogen) atoms. The van der Waals surface area contributed by atoms with Crippen molar-refractivity contribution < 1.29 is 15.0 Å². The summed E-state index contributed by atoms with van der Waals surface area (Å²) in [7, 11) is 0. The van der Waals surface area contributed by atoms with Crippen molar-refractivity contribution in [2.24, 2.45) is 11.3 Å². The Morgan fingerprint density at radius 2 is 2.07 bits per heavy atom. The van der Waals surface area contributed by atoms with E-state index in [0.29, 0.717) is 6.42 Å². The maximum Gasteiger partial charge on any atom is 0.311 e. The van der Waals surface area contributed by atoms with Crippen molar-refractivity contribution in [2.75, 3.05) is 0 Å². The van der Waals surface area contributed by atoms with E-state index >= 15 is 0 Å². The van der Waals surface area contributed by atoms with Gasteiger partial charge in [0.15, 0.2) is 0 Å². The highest BCUT2D eigenvalue weighted by Crippen LogP contribution is 2.52. The summed E-state index contributed by atoms with van der Waals surface area (Å²) in [6.07, 6.45) is 5.99.